The monoisotopic (exact) mass is 468 g/mol. The fourth-order valence-corrected chi connectivity index (χ4v) is 4.33. The molecule has 1 aliphatic heterocycles. The summed E-state index contributed by atoms with van der Waals surface area (Å²) in [4.78, 5) is 28.0. The topological polar surface area (TPSA) is 67.2 Å². The maximum atomic E-state index is 13.2. The number of amides is 2. The summed E-state index contributed by atoms with van der Waals surface area (Å²) in [6, 6.07) is 27.2. The fourth-order valence-electron chi connectivity index (χ4n) is 4.33. The maximum absolute atomic E-state index is 13.2. The number of fused-ring (bicyclic) bond motifs is 1. The molecule has 1 N–H and O–H groups in total. The van der Waals surface area contributed by atoms with Gasteiger partial charge in [0, 0.05) is 19.2 Å². The minimum absolute atomic E-state index is 0.198. The van der Waals surface area contributed by atoms with Crippen LogP contribution in [0.15, 0.2) is 91.0 Å². The molecular formula is C28H25FN4O2. The lowest BCUT2D eigenvalue weighted by Crippen LogP contribution is -2.39. The molecule has 4 aromatic rings. The van der Waals surface area contributed by atoms with Gasteiger partial charge in [0.1, 0.15) is 11.5 Å². The molecule has 1 aliphatic rings. The van der Waals surface area contributed by atoms with Crippen LogP contribution in [0.25, 0.3) is 0 Å². The molecular weight excluding hydrogens is 443 g/mol. The van der Waals surface area contributed by atoms with Crippen molar-refractivity contribution in [2.24, 2.45) is 0 Å². The van der Waals surface area contributed by atoms with Crippen LogP contribution < -0.4 is 5.32 Å². The average Bonchev–Trinajstić information content (AvgIpc) is 3.33. The van der Waals surface area contributed by atoms with E-state index in [4.69, 9.17) is 0 Å². The molecule has 1 atom stereocenters. The van der Waals surface area contributed by atoms with Gasteiger partial charge in [-0.05, 0) is 35.2 Å². The van der Waals surface area contributed by atoms with Gasteiger partial charge in [-0.25, -0.2) is 4.39 Å². The third kappa shape index (κ3) is 5.14. The smallest absolute Gasteiger partial charge is 0.272 e. The third-order valence-electron chi connectivity index (χ3n) is 6.18. The Bertz CT molecular complexity index is 1320. The molecule has 0 aliphatic carbocycles. The number of nitrogens with zero attached hydrogens (tertiary/aromatic N) is 3. The van der Waals surface area contributed by atoms with E-state index in [1.165, 1.54) is 12.1 Å². The highest BCUT2D eigenvalue weighted by molar-refractivity contribution is 5.98. The van der Waals surface area contributed by atoms with Gasteiger partial charge < -0.3 is 10.2 Å². The van der Waals surface area contributed by atoms with Crippen LogP contribution in [0, 0.1) is 5.82 Å². The summed E-state index contributed by atoms with van der Waals surface area (Å²) in [5, 5.41) is 7.52. The third-order valence-corrected chi connectivity index (χ3v) is 6.18. The Kier molecular flexibility index (Phi) is 6.39. The van der Waals surface area contributed by atoms with Crippen LogP contribution in [0.3, 0.4) is 0 Å². The van der Waals surface area contributed by atoms with Gasteiger partial charge in [0.15, 0.2) is 5.69 Å². The zero-order valence-corrected chi connectivity index (χ0v) is 19.1. The molecule has 0 bridgehead atoms. The number of halogens is 1. The molecule has 0 radical (unpaired) electrons. The predicted octanol–water partition coefficient (Wildman–Crippen LogP) is 4.39. The van der Waals surface area contributed by atoms with Gasteiger partial charge in [-0.1, -0.05) is 72.8 Å². The molecule has 2 heterocycles. The number of hydrogen-bond acceptors (Lipinski definition) is 3. The van der Waals surface area contributed by atoms with Crippen molar-refractivity contribution in [2.45, 2.75) is 25.6 Å². The van der Waals surface area contributed by atoms with Gasteiger partial charge in [0.2, 0.25) is 0 Å². The van der Waals surface area contributed by atoms with Crippen LogP contribution >= 0.6 is 0 Å². The van der Waals surface area contributed by atoms with E-state index in [2.05, 4.69) is 10.4 Å². The molecule has 6 nitrogen and oxygen atoms in total. The molecule has 35 heavy (non-hydrogen) atoms. The Morgan fingerprint density at radius 3 is 2.31 bits per heavy atom. The summed E-state index contributed by atoms with van der Waals surface area (Å²) in [7, 11) is 0. The van der Waals surface area contributed by atoms with Crippen LogP contribution in [0.5, 0.6) is 0 Å². The summed E-state index contributed by atoms with van der Waals surface area (Å²) < 4.78 is 14.8. The Morgan fingerprint density at radius 2 is 1.60 bits per heavy atom. The first-order chi connectivity index (χ1) is 17.1. The number of rotatable bonds is 7. The minimum Gasteiger partial charge on any atom is -0.344 e. The van der Waals surface area contributed by atoms with E-state index in [0.29, 0.717) is 31.7 Å². The van der Waals surface area contributed by atoms with E-state index in [1.807, 2.05) is 60.7 Å². The maximum Gasteiger partial charge on any atom is 0.272 e. The second-order valence-corrected chi connectivity index (χ2v) is 8.62. The average molecular weight is 469 g/mol. The molecule has 5 rings (SSSR count). The molecule has 0 spiro atoms. The zero-order valence-electron chi connectivity index (χ0n) is 19.1. The minimum atomic E-state index is -0.324. The van der Waals surface area contributed by atoms with Gasteiger partial charge in [0.25, 0.3) is 11.8 Å². The molecule has 0 saturated carbocycles. The Balaban J connectivity index is 1.33. The van der Waals surface area contributed by atoms with E-state index in [-0.39, 0.29) is 29.4 Å². The highest BCUT2D eigenvalue weighted by Crippen LogP contribution is 2.21. The van der Waals surface area contributed by atoms with Gasteiger partial charge in [-0.2, -0.15) is 5.10 Å². The number of hydrogen-bond donors (Lipinski definition) is 1. The molecule has 0 fully saturated rings. The van der Waals surface area contributed by atoms with Crippen molar-refractivity contribution in [1.29, 1.82) is 0 Å². The summed E-state index contributed by atoms with van der Waals surface area (Å²) in [5.74, 6) is -0.834. The second kappa shape index (κ2) is 9.93. The quantitative estimate of drug-likeness (QED) is 0.437. The lowest BCUT2D eigenvalue weighted by molar-refractivity contribution is 0.0683. The van der Waals surface area contributed by atoms with Crippen LogP contribution in [0.1, 0.15) is 43.7 Å². The largest absolute Gasteiger partial charge is 0.344 e. The van der Waals surface area contributed by atoms with Crippen molar-refractivity contribution in [1.82, 2.24) is 20.0 Å². The van der Waals surface area contributed by atoms with Crippen LogP contribution in [-0.4, -0.2) is 33.0 Å². The van der Waals surface area contributed by atoms with Gasteiger partial charge in [-0.15, -0.1) is 0 Å². The Hall–Kier alpha value is -4.26. The standard InChI is InChI=1S/C28H25FN4O2/c29-23-13-11-21(12-14-23)19-32-15-16-33-26(28(32)35)18-25(31-33)27(34)30-24(22-9-5-2-6-10-22)17-20-7-3-1-4-8-20/h1-14,18,24H,15-17,19H2,(H,30,34)/t24-/m0/s1. The first kappa shape index (κ1) is 22.5. The van der Waals surface area contributed by atoms with Crippen molar-refractivity contribution in [3.63, 3.8) is 0 Å². The van der Waals surface area contributed by atoms with Crippen LogP contribution in [0.2, 0.25) is 0 Å². The molecule has 0 unspecified atom stereocenters. The summed E-state index contributed by atoms with van der Waals surface area (Å²) in [5.41, 5.74) is 3.54. The van der Waals surface area contributed by atoms with Crippen LogP contribution in [0.4, 0.5) is 4.39 Å². The van der Waals surface area contributed by atoms with E-state index in [0.717, 1.165) is 16.7 Å². The van der Waals surface area contributed by atoms with Gasteiger partial charge in [0.05, 0.1) is 12.6 Å². The normalized spacial score (nSPS) is 13.9. The number of carbonyl (C=O) groups is 2. The molecule has 176 valence electrons. The fraction of sp³-hybridized carbons (Fsp3) is 0.179. The summed E-state index contributed by atoms with van der Waals surface area (Å²) >= 11 is 0. The van der Waals surface area contributed by atoms with E-state index < -0.39 is 0 Å². The van der Waals surface area contributed by atoms with Crippen molar-refractivity contribution in [2.75, 3.05) is 6.54 Å². The molecule has 1 aromatic heterocycles. The number of benzene rings is 3. The summed E-state index contributed by atoms with van der Waals surface area (Å²) in [6.45, 7) is 1.33. The van der Waals surface area contributed by atoms with Crippen molar-refractivity contribution < 1.29 is 14.0 Å². The number of carbonyl (C=O) groups excluding carboxylic acids is 2. The van der Waals surface area contributed by atoms with Crippen molar-refractivity contribution in [3.05, 3.63) is 125 Å². The predicted molar refractivity (Wildman–Crippen MR) is 130 cm³/mol. The summed E-state index contributed by atoms with van der Waals surface area (Å²) in [6.07, 6.45) is 0.633. The Labute approximate surface area is 203 Å². The van der Waals surface area contributed by atoms with E-state index >= 15 is 0 Å². The van der Waals surface area contributed by atoms with Crippen molar-refractivity contribution >= 4 is 11.8 Å². The van der Waals surface area contributed by atoms with Crippen molar-refractivity contribution in [3.8, 4) is 0 Å². The van der Waals surface area contributed by atoms with Gasteiger partial charge >= 0.3 is 0 Å². The molecule has 2 amide bonds. The molecule has 7 heteroatoms. The number of nitrogens with one attached hydrogen (secondary N) is 1. The lowest BCUT2D eigenvalue weighted by Gasteiger charge is -2.27. The highest BCUT2D eigenvalue weighted by atomic mass is 19.1. The lowest BCUT2D eigenvalue weighted by atomic mass is 9.98. The zero-order chi connectivity index (χ0) is 24.2. The first-order valence-electron chi connectivity index (χ1n) is 11.6. The molecule has 0 saturated heterocycles. The molecule has 3 aromatic carbocycles. The second-order valence-electron chi connectivity index (χ2n) is 8.62. The van der Waals surface area contributed by atoms with Gasteiger partial charge in [-0.3, -0.25) is 14.3 Å². The van der Waals surface area contributed by atoms with Crippen LogP contribution in [-0.2, 0) is 19.5 Å². The number of aromatic nitrogens is 2. The van der Waals surface area contributed by atoms with E-state index in [1.54, 1.807) is 27.8 Å². The van der Waals surface area contributed by atoms with E-state index in [9.17, 15) is 14.0 Å². The SMILES string of the molecule is O=C(N[C@@H](Cc1ccccc1)c1ccccc1)c1cc2n(n1)CCN(Cc1ccc(F)cc1)C2=O. The Morgan fingerprint density at radius 1 is 0.914 bits per heavy atom. The first-order valence-corrected chi connectivity index (χ1v) is 11.6. The highest BCUT2D eigenvalue weighted by Gasteiger charge is 2.28.